The first-order valence-corrected chi connectivity index (χ1v) is 7.48. The summed E-state index contributed by atoms with van der Waals surface area (Å²) >= 11 is 0. The highest BCUT2D eigenvalue weighted by Crippen LogP contribution is 2.19. The molecular formula is C22H18. The van der Waals surface area contributed by atoms with Gasteiger partial charge in [-0.2, -0.15) is 0 Å². The molecule has 3 aromatic carbocycles. The Labute approximate surface area is 131 Å². The SMILES string of the molecule is C(=C\C=C\c1cccc2ccccc12)/C=C/c1ccccc1. The average molecular weight is 282 g/mol. The van der Waals surface area contributed by atoms with Gasteiger partial charge in [-0.1, -0.05) is 109 Å². The summed E-state index contributed by atoms with van der Waals surface area (Å²) in [5, 5.41) is 2.56. The van der Waals surface area contributed by atoms with Gasteiger partial charge in [0.15, 0.2) is 0 Å². The molecule has 0 saturated carbocycles. The van der Waals surface area contributed by atoms with Crippen molar-refractivity contribution in [2.45, 2.75) is 0 Å². The van der Waals surface area contributed by atoms with Gasteiger partial charge >= 0.3 is 0 Å². The van der Waals surface area contributed by atoms with Gasteiger partial charge < -0.3 is 0 Å². The molecule has 0 radical (unpaired) electrons. The third-order valence-corrected chi connectivity index (χ3v) is 3.52. The van der Waals surface area contributed by atoms with Crippen molar-refractivity contribution in [3.63, 3.8) is 0 Å². The summed E-state index contributed by atoms with van der Waals surface area (Å²) in [6, 6.07) is 25.2. The Morgan fingerprint density at radius 3 is 2.05 bits per heavy atom. The van der Waals surface area contributed by atoms with Gasteiger partial charge in [0.05, 0.1) is 0 Å². The number of fused-ring (bicyclic) bond motifs is 1. The van der Waals surface area contributed by atoms with Gasteiger partial charge in [-0.05, 0) is 21.9 Å². The number of hydrogen-bond donors (Lipinski definition) is 0. The summed E-state index contributed by atoms with van der Waals surface area (Å²) in [6.07, 6.45) is 12.5. The molecule has 22 heavy (non-hydrogen) atoms. The summed E-state index contributed by atoms with van der Waals surface area (Å²) < 4.78 is 0. The van der Waals surface area contributed by atoms with Crippen LogP contribution in [0.3, 0.4) is 0 Å². The fourth-order valence-electron chi connectivity index (χ4n) is 2.41. The molecule has 0 saturated heterocycles. The van der Waals surface area contributed by atoms with E-state index in [4.69, 9.17) is 0 Å². The molecule has 0 aliphatic carbocycles. The zero-order chi connectivity index (χ0) is 15.0. The van der Waals surface area contributed by atoms with E-state index in [-0.39, 0.29) is 0 Å². The molecule has 0 bridgehead atoms. The van der Waals surface area contributed by atoms with Crippen LogP contribution in [0.2, 0.25) is 0 Å². The molecule has 0 aromatic heterocycles. The second kappa shape index (κ2) is 7.24. The van der Waals surface area contributed by atoms with Crippen molar-refractivity contribution >= 4 is 22.9 Å². The van der Waals surface area contributed by atoms with Crippen molar-refractivity contribution in [1.82, 2.24) is 0 Å². The zero-order valence-electron chi connectivity index (χ0n) is 12.4. The average Bonchev–Trinajstić information content (AvgIpc) is 2.59. The minimum atomic E-state index is 1.21. The molecule has 0 unspecified atom stereocenters. The van der Waals surface area contributed by atoms with Crippen molar-refractivity contribution in [2.24, 2.45) is 0 Å². The van der Waals surface area contributed by atoms with Crippen molar-refractivity contribution in [1.29, 1.82) is 0 Å². The van der Waals surface area contributed by atoms with E-state index in [0.717, 1.165) is 0 Å². The lowest BCUT2D eigenvalue weighted by Crippen LogP contribution is -1.76. The Bertz CT molecular complexity index is 816. The minimum Gasteiger partial charge on any atom is -0.0622 e. The summed E-state index contributed by atoms with van der Waals surface area (Å²) in [4.78, 5) is 0. The topological polar surface area (TPSA) is 0 Å². The Kier molecular flexibility index (Phi) is 4.63. The van der Waals surface area contributed by atoms with Gasteiger partial charge in [0, 0.05) is 0 Å². The highest BCUT2D eigenvalue weighted by Gasteiger charge is 1.94. The largest absolute Gasteiger partial charge is 0.0622 e. The van der Waals surface area contributed by atoms with E-state index in [1.54, 1.807) is 0 Å². The van der Waals surface area contributed by atoms with Crippen LogP contribution in [0.5, 0.6) is 0 Å². The molecule has 0 atom stereocenters. The molecule has 0 spiro atoms. The van der Waals surface area contributed by atoms with Crippen LogP contribution >= 0.6 is 0 Å². The van der Waals surface area contributed by atoms with E-state index in [0.29, 0.717) is 0 Å². The maximum absolute atomic E-state index is 2.16. The minimum absolute atomic E-state index is 1.21. The van der Waals surface area contributed by atoms with E-state index < -0.39 is 0 Å². The molecular weight excluding hydrogens is 264 g/mol. The monoisotopic (exact) mass is 282 g/mol. The predicted molar refractivity (Wildman–Crippen MR) is 97.6 cm³/mol. The summed E-state index contributed by atoms with van der Waals surface area (Å²) in [5.41, 5.74) is 2.46. The molecule has 0 N–H and O–H groups in total. The lowest BCUT2D eigenvalue weighted by Gasteiger charge is -2.00. The van der Waals surface area contributed by atoms with Gasteiger partial charge in [-0.15, -0.1) is 0 Å². The van der Waals surface area contributed by atoms with Crippen LogP contribution in [-0.4, -0.2) is 0 Å². The molecule has 0 aliphatic heterocycles. The smallest absolute Gasteiger partial charge is 0.0111 e. The van der Waals surface area contributed by atoms with Crippen LogP contribution in [0.15, 0.2) is 97.1 Å². The van der Waals surface area contributed by atoms with Crippen LogP contribution in [0.25, 0.3) is 22.9 Å². The van der Waals surface area contributed by atoms with E-state index >= 15 is 0 Å². The van der Waals surface area contributed by atoms with E-state index in [2.05, 4.69) is 91.1 Å². The van der Waals surface area contributed by atoms with Gasteiger partial charge in [-0.3, -0.25) is 0 Å². The highest BCUT2D eigenvalue weighted by atomic mass is 14.0. The van der Waals surface area contributed by atoms with Gasteiger partial charge in [-0.25, -0.2) is 0 Å². The standard InChI is InChI=1S/C22H18/c1(4-11-19-12-5-3-6-13-19)2-7-14-20-16-10-17-21-15-8-9-18-22(20)21/h1-18H/b2-1+,11-4+,14-7+. The number of benzene rings is 3. The molecule has 3 aromatic rings. The normalized spacial score (nSPS) is 12.0. The fourth-order valence-corrected chi connectivity index (χ4v) is 2.41. The zero-order valence-corrected chi connectivity index (χ0v) is 12.4. The molecule has 0 heterocycles. The summed E-state index contributed by atoms with van der Waals surface area (Å²) in [5.74, 6) is 0. The quantitative estimate of drug-likeness (QED) is 0.505. The highest BCUT2D eigenvalue weighted by molar-refractivity contribution is 5.90. The molecule has 3 rings (SSSR count). The van der Waals surface area contributed by atoms with Crippen LogP contribution < -0.4 is 0 Å². The van der Waals surface area contributed by atoms with Gasteiger partial charge in [0.2, 0.25) is 0 Å². The Balaban J connectivity index is 1.69. The molecule has 0 fully saturated rings. The third kappa shape index (κ3) is 3.62. The first kappa shape index (κ1) is 14.1. The Morgan fingerprint density at radius 2 is 1.18 bits per heavy atom. The molecule has 0 aliphatic rings. The molecule has 106 valence electrons. The van der Waals surface area contributed by atoms with Crippen molar-refractivity contribution < 1.29 is 0 Å². The van der Waals surface area contributed by atoms with Crippen LogP contribution in [0.4, 0.5) is 0 Å². The number of hydrogen-bond acceptors (Lipinski definition) is 0. The predicted octanol–water partition coefficient (Wildman–Crippen LogP) is 6.12. The molecule has 0 heteroatoms. The second-order valence-electron chi connectivity index (χ2n) is 5.08. The first-order chi connectivity index (χ1) is 10.9. The Hall–Kier alpha value is -2.86. The lowest BCUT2D eigenvalue weighted by atomic mass is 10.0. The summed E-state index contributed by atoms with van der Waals surface area (Å²) in [7, 11) is 0. The molecule has 0 amide bonds. The maximum Gasteiger partial charge on any atom is -0.0111 e. The lowest BCUT2D eigenvalue weighted by molar-refractivity contribution is 1.66. The third-order valence-electron chi connectivity index (χ3n) is 3.52. The second-order valence-corrected chi connectivity index (χ2v) is 5.08. The fraction of sp³-hybridized carbons (Fsp3) is 0. The first-order valence-electron chi connectivity index (χ1n) is 7.48. The van der Waals surface area contributed by atoms with Crippen molar-refractivity contribution in [3.05, 3.63) is 108 Å². The van der Waals surface area contributed by atoms with Crippen molar-refractivity contribution in [3.8, 4) is 0 Å². The van der Waals surface area contributed by atoms with Crippen LogP contribution in [0.1, 0.15) is 11.1 Å². The van der Waals surface area contributed by atoms with Crippen LogP contribution in [0, 0.1) is 0 Å². The van der Waals surface area contributed by atoms with E-state index in [9.17, 15) is 0 Å². The van der Waals surface area contributed by atoms with E-state index in [1.807, 2.05) is 18.2 Å². The molecule has 0 nitrogen and oxygen atoms in total. The maximum atomic E-state index is 2.16. The van der Waals surface area contributed by atoms with Crippen LogP contribution in [-0.2, 0) is 0 Å². The van der Waals surface area contributed by atoms with Gasteiger partial charge in [0.1, 0.15) is 0 Å². The summed E-state index contributed by atoms with van der Waals surface area (Å²) in [6.45, 7) is 0. The number of allylic oxidation sites excluding steroid dienone is 4. The van der Waals surface area contributed by atoms with Crippen molar-refractivity contribution in [2.75, 3.05) is 0 Å². The van der Waals surface area contributed by atoms with E-state index in [1.165, 1.54) is 21.9 Å². The van der Waals surface area contributed by atoms with Gasteiger partial charge in [0.25, 0.3) is 0 Å². The Morgan fingerprint density at radius 1 is 0.500 bits per heavy atom. The number of rotatable bonds is 4.